The molecule has 1 unspecified atom stereocenters. The second kappa shape index (κ2) is 5.23. The smallest absolute Gasteiger partial charge is 0.164 e. The highest BCUT2D eigenvalue weighted by Gasteiger charge is 2.18. The predicted octanol–water partition coefficient (Wildman–Crippen LogP) is 2.94. The van der Waals surface area contributed by atoms with E-state index < -0.39 is 17.7 Å². The highest BCUT2D eigenvalue weighted by molar-refractivity contribution is 5.27. The molecule has 94 valence electrons. The van der Waals surface area contributed by atoms with Crippen LogP contribution in [0.25, 0.3) is 0 Å². The minimum Gasteiger partial charge on any atom is -0.388 e. The van der Waals surface area contributed by atoms with Crippen molar-refractivity contribution in [1.29, 1.82) is 0 Å². The van der Waals surface area contributed by atoms with Crippen molar-refractivity contribution >= 4 is 0 Å². The number of hydrogen-bond donors (Lipinski definition) is 1. The van der Waals surface area contributed by atoms with Gasteiger partial charge >= 0.3 is 0 Å². The van der Waals surface area contributed by atoms with E-state index in [1.54, 1.807) is 24.4 Å². The van der Waals surface area contributed by atoms with Gasteiger partial charge < -0.3 is 5.11 Å². The number of halogens is 2. The maximum atomic E-state index is 13.7. The summed E-state index contributed by atoms with van der Waals surface area (Å²) in [6, 6.07) is 8.12. The Labute approximate surface area is 104 Å². The Morgan fingerprint density at radius 3 is 2.61 bits per heavy atom. The highest BCUT2D eigenvalue weighted by atomic mass is 19.2. The molecule has 0 aliphatic rings. The molecule has 4 heteroatoms. The van der Waals surface area contributed by atoms with Crippen molar-refractivity contribution in [2.24, 2.45) is 0 Å². The maximum absolute atomic E-state index is 13.7. The zero-order chi connectivity index (χ0) is 13.1. The summed E-state index contributed by atoms with van der Waals surface area (Å²) in [6.45, 7) is 1.48. The van der Waals surface area contributed by atoms with Crippen LogP contribution in [0.4, 0.5) is 8.78 Å². The normalized spacial score (nSPS) is 12.4. The number of aromatic nitrogens is 1. The summed E-state index contributed by atoms with van der Waals surface area (Å²) in [5.74, 6) is -1.90. The molecule has 0 aliphatic heterocycles. The monoisotopic (exact) mass is 249 g/mol. The van der Waals surface area contributed by atoms with Gasteiger partial charge in [-0.05, 0) is 24.6 Å². The lowest BCUT2D eigenvalue weighted by Gasteiger charge is -2.12. The van der Waals surface area contributed by atoms with Crippen LogP contribution in [0.5, 0.6) is 0 Å². The van der Waals surface area contributed by atoms with E-state index in [4.69, 9.17) is 0 Å². The van der Waals surface area contributed by atoms with Gasteiger partial charge in [-0.25, -0.2) is 8.78 Å². The zero-order valence-corrected chi connectivity index (χ0v) is 9.90. The molecule has 1 aromatic heterocycles. The molecule has 0 spiro atoms. The van der Waals surface area contributed by atoms with Crippen LogP contribution in [-0.4, -0.2) is 10.1 Å². The van der Waals surface area contributed by atoms with Gasteiger partial charge in [-0.3, -0.25) is 4.98 Å². The molecule has 0 saturated carbocycles. The van der Waals surface area contributed by atoms with E-state index in [0.717, 1.165) is 0 Å². The molecular weight excluding hydrogens is 236 g/mol. The van der Waals surface area contributed by atoms with E-state index >= 15 is 0 Å². The lowest BCUT2D eigenvalue weighted by molar-refractivity contribution is 0.171. The molecule has 2 nitrogen and oxygen atoms in total. The Hall–Kier alpha value is -1.81. The minimum atomic E-state index is -1.10. The molecule has 0 saturated heterocycles. The molecule has 1 aromatic carbocycles. The molecule has 18 heavy (non-hydrogen) atoms. The second-order valence-electron chi connectivity index (χ2n) is 4.14. The maximum Gasteiger partial charge on any atom is 0.164 e. The number of aliphatic hydroxyl groups excluding tert-OH is 1. The van der Waals surface area contributed by atoms with Crippen molar-refractivity contribution in [3.63, 3.8) is 0 Å². The van der Waals surface area contributed by atoms with Crippen LogP contribution in [0.1, 0.15) is 22.9 Å². The van der Waals surface area contributed by atoms with E-state index in [0.29, 0.717) is 5.69 Å². The molecule has 2 rings (SSSR count). The number of pyridine rings is 1. The Morgan fingerprint density at radius 2 is 1.94 bits per heavy atom. The lowest BCUT2D eigenvalue weighted by Crippen LogP contribution is -2.07. The molecule has 2 aromatic rings. The molecule has 0 aliphatic carbocycles. The van der Waals surface area contributed by atoms with E-state index in [1.165, 1.54) is 19.1 Å². The van der Waals surface area contributed by atoms with Crippen molar-refractivity contribution in [1.82, 2.24) is 4.98 Å². The molecule has 1 atom stereocenters. The zero-order valence-electron chi connectivity index (χ0n) is 9.90. The number of nitrogens with zero attached hydrogens (tertiary/aromatic N) is 1. The molecule has 0 bridgehead atoms. The summed E-state index contributed by atoms with van der Waals surface area (Å²) < 4.78 is 27.0. The van der Waals surface area contributed by atoms with Gasteiger partial charge in [-0.1, -0.05) is 18.2 Å². The third-order valence-electron chi connectivity index (χ3n) is 2.79. The summed E-state index contributed by atoms with van der Waals surface area (Å²) in [6.07, 6.45) is 0.643. The third kappa shape index (κ3) is 2.54. The first-order chi connectivity index (χ1) is 8.59. The number of benzene rings is 1. The topological polar surface area (TPSA) is 33.1 Å². The molecule has 1 heterocycles. The molecular formula is C14H13F2NO. The van der Waals surface area contributed by atoms with E-state index in [-0.39, 0.29) is 17.5 Å². The fourth-order valence-corrected chi connectivity index (χ4v) is 1.75. The van der Waals surface area contributed by atoms with Gasteiger partial charge in [0.05, 0.1) is 6.10 Å². The quantitative estimate of drug-likeness (QED) is 0.907. The lowest BCUT2D eigenvalue weighted by atomic mass is 10.0. The summed E-state index contributed by atoms with van der Waals surface area (Å²) in [5, 5.41) is 9.92. The van der Waals surface area contributed by atoms with Crippen molar-refractivity contribution in [3.8, 4) is 0 Å². The van der Waals surface area contributed by atoms with E-state index in [2.05, 4.69) is 4.98 Å². The van der Waals surface area contributed by atoms with Crippen molar-refractivity contribution < 1.29 is 13.9 Å². The van der Waals surface area contributed by atoms with Crippen molar-refractivity contribution in [2.45, 2.75) is 19.4 Å². The minimum absolute atomic E-state index is 0.0382. The predicted molar refractivity (Wildman–Crippen MR) is 64.0 cm³/mol. The van der Waals surface area contributed by atoms with Gasteiger partial charge in [0.2, 0.25) is 0 Å². The number of rotatable bonds is 3. The number of aliphatic hydroxyl groups is 1. The van der Waals surface area contributed by atoms with Crippen LogP contribution in [0, 0.1) is 18.6 Å². The van der Waals surface area contributed by atoms with Crippen LogP contribution in [0.15, 0.2) is 36.5 Å². The van der Waals surface area contributed by atoms with Crippen LogP contribution in [0.2, 0.25) is 0 Å². The Morgan fingerprint density at radius 1 is 1.17 bits per heavy atom. The molecule has 0 fully saturated rings. The van der Waals surface area contributed by atoms with Gasteiger partial charge in [0.25, 0.3) is 0 Å². The van der Waals surface area contributed by atoms with Crippen LogP contribution >= 0.6 is 0 Å². The molecule has 1 N–H and O–H groups in total. The van der Waals surface area contributed by atoms with Gasteiger partial charge in [-0.15, -0.1) is 0 Å². The van der Waals surface area contributed by atoms with Crippen molar-refractivity contribution in [2.75, 3.05) is 0 Å². The fraction of sp³-hybridized carbons (Fsp3) is 0.214. The average Bonchev–Trinajstić information content (AvgIpc) is 2.37. The van der Waals surface area contributed by atoms with Crippen LogP contribution in [-0.2, 0) is 6.42 Å². The SMILES string of the molecule is Cc1ccc(C(O)Cc2ccccn2)c(F)c1F. The Bertz CT molecular complexity index is 543. The van der Waals surface area contributed by atoms with Gasteiger partial charge in [0, 0.05) is 23.9 Å². The third-order valence-corrected chi connectivity index (χ3v) is 2.79. The number of aryl methyl sites for hydroxylation is 1. The van der Waals surface area contributed by atoms with Gasteiger partial charge in [0.15, 0.2) is 11.6 Å². The summed E-state index contributed by atoms with van der Waals surface area (Å²) in [4.78, 5) is 4.04. The van der Waals surface area contributed by atoms with Gasteiger partial charge in [0.1, 0.15) is 0 Å². The van der Waals surface area contributed by atoms with Crippen molar-refractivity contribution in [3.05, 3.63) is 65.0 Å². The van der Waals surface area contributed by atoms with E-state index in [1.807, 2.05) is 0 Å². The summed E-state index contributed by atoms with van der Waals surface area (Å²) >= 11 is 0. The fourth-order valence-electron chi connectivity index (χ4n) is 1.75. The first-order valence-corrected chi connectivity index (χ1v) is 5.62. The summed E-state index contributed by atoms with van der Waals surface area (Å²) in [5.41, 5.74) is 0.815. The first kappa shape index (κ1) is 12.6. The molecule has 0 amide bonds. The Kier molecular flexibility index (Phi) is 3.67. The van der Waals surface area contributed by atoms with E-state index in [9.17, 15) is 13.9 Å². The number of hydrogen-bond acceptors (Lipinski definition) is 2. The van der Waals surface area contributed by atoms with Crippen LogP contribution < -0.4 is 0 Å². The molecule has 0 radical (unpaired) electrons. The average molecular weight is 249 g/mol. The standard InChI is InChI=1S/C14H13F2NO/c1-9-5-6-11(14(16)13(9)15)12(18)8-10-4-2-3-7-17-10/h2-7,12,18H,8H2,1H3. The highest BCUT2D eigenvalue weighted by Crippen LogP contribution is 2.23. The Balaban J connectivity index is 2.24. The largest absolute Gasteiger partial charge is 0.388 e. The first-order valence-electron chi connectivity index (χ1n) is 5.62. The van der Waals surface area contributed by atoms with Crippen LogP contribution in [0.3, 0.4) is 0 Å². The second-order valence-corrected chi connectivity index (χ2v) is 4.14. The van der Waals surface area contributed by atoms with Gasteiger partial charge in [-0.2, -0.15) is 0 Å². The summed E-state index contributed by atoms with van der Waals surface area (Å²) in [7, 11) is 0.